The predicted molar refractivity (Wildman–Crippen MR) is 114 cm³/mol. The molecular weight excluding hydrogens is 348 g/mol. The Bertz CT molecular complexity index is 903. The Balaban J connectivity index is 1.48. The second kappa shape index (κ2) is 9.72. The highest BCUT2D eigenvalue weighted by atomic mass is 16.5. The van der Waals surface area contributed by atoms with Gasteiger partial charge in [0.15, 0.2) is 0 Å². The first-order chi connectivity index (χ1) is 13.6. The minimum absolute atomic E-state index is 0.0929. The number of anilines is 1. The van der Waals surface area contributed by atoms with E-state index in [-0.39, 0.29) is 5.91 Å². The largest absolute Gasteiger partial charge is 0.497 e. The molecule has 3 rings (SSSR count). The third kappa shape index (κ3) is 5.69. The number of ether oxygens (including phenoxy) is 1. The van der Waals surface area contributed by atoms with Crippen LogP contribution >= 0.6 is 0 Å². The van der Waals surface area contributed by atoms with E-state index in [9.17, 15) is 4.79 Å². The van der Waals surface area contributed by atoms with Gasteiger partial charge in [0.2, 0.25) is 0 Å². The summed E-state index contributed by atoms with van der Waals surface area (Å²) in [6.07, 6.45) is 0.952. The highest BCUT2D eigenvalue weighted by Gasteiger charge is 2.06. The molecule has 0 aliphatic rings. The molecule has 0 atom stereocenters. The summed E-state index contributed by atoms with van der Waals surface area (Å²) in [7, 11) is 1.67. The van der Waals surface area contributed by atoms with Crippen molar-refractivity contribution in [2.45, 2.75) is 19.9 Å². The molecular formula is C24H26N2O2. The molecule has 1 amide bonds. The molecule has 3 aromatic rings. The van der Waals surface area contributed by atoms with Gasteiger partial charge in [-0.1, -0.05) is 42.0 Å². The van der Waals surface area contributed by atoms with E-state index in [0.717, 1.165) is 42.1 Å². The zero-order chi connectivity index (χ0) is 19.8. The second-order valence-electron chi connectivity index (χ2n) is 6.80. The molecule has 0 radical (unpaired) electrons. The van der Waals surface area contributed by atoms with Crippen molar-refractivity contribution in [1.82, 2.24) is 5.32 Å². The highest BCUT2D eigenvalue weighted by molar-refractivity contribution is 6.04. The molecule has 0 bridgehead atoms. The molecule has 0 saturated heterocycles. The number of methoxy groups -OCH3 is 1. The van der Waals surface area contributed by atoms with Crippen molar-refractivity contribution < 1.29 is 9.53 Å². The SMILES string of the molecule is COc1ccc(CCNCc2cccc(NC(=O)c3ccc(C)cc3)c2)cc1. The van der Waals surface area contributed by atoms with E-state index in [0.29, 0.717) is 5.56 Å². The number of carbonyl (C=O) groups excluding carboxylic acids is 1. The molecule has 0 aromatic heterocycles. The second-order valence-corrected chi connectivity index (χ2v) is 6.80. The van der Waals surface area contributed by atoms with Crippen LogP contribution in [0, 0.1) is 6.92 Å². The number of rotatable bonds is 8. The van der Waals surface area contributed by atoms with Gasteiger partial charge in [-0.15, -0.1) is 0 Å². The van der Waals surface area contributed by atoms with Crippen molar-refractivity contribution >= 4 is 11.6 Å². The van der Waals surface area contributed by atoms with Gasteiger partial charge in [0.05, 0.1) is 7.11 Å². The fourth-order valence-corrected chi connectivity index (χ4v) is 2.92. The van der Waals surface area contributed by atoms with Crippen molar-refractivity contribution in [3.8, 4) is 5.75 Å². The summed E-state index contributed by atoms with van der Waals surface area (Å²) in [4.78, 5) is 12.4. The summed E-state index contributed by atoms with van der Waals surface area (Å²) < 4.78 is 5.18. The van der Waals surface area contributed by atoms with E-state index in [1.165, 1.54) is 5.56 Å². The lowest BCUT2D eigenvalue weighted by Crippen LogP contribution is -2.17. The molecule has 0 fully saturated rings. The topological polar surface area (TPSA) is 50.4 Å². The fourth-order valence-electron chi connectivity index (χ4n) is 2.92. The van der Waals surface area contributed by atoms with Crippen LogP contribution in [0.3, 0.4) is 0 Å². The van der Waals surface area contributed by atoms with Crippen LogP contribution in [0.2, 0.25) is 0 Å². The zero-order valence-electron chi connectivity index (χ0n) is 16.4. The maximum Gasteiger partial charge on any atom is 0.255 e. The summed E-state index contributed by atoms with van der Waals surface area (Å²) in [6, 6.07) is 23.6. The molecule has 0 aliphatic carbocycles. The maximum atomic E-state index is 12.4. The predicted octanol–water partition coefficient (Wildman–Crippen LogP) is 4.59. The smallest absolute Gasteiger partial charge is 0.255 e. The first kappa shape index (κ1) is 19.6. The molecule has 0 aliphatic heterocycles. The Morgan fingerprint density at radius 1 is 0.929 bits per heavy atom. The Morgan fingerprint density at radius 3 is 2.39 bits per heavy atom. The van der Waals surface area contributed by atoms with Gasteiger partial charge in [0, 0.05) is 17.8 Å². The van der Waals surface area contributed by atoms with Crippen molar-refractivity contribution in [1.29, 1.82) is 0 Å². The van der Waals surface area contributed by atoms with Crippen LogP contribution < -0.4 is 15.4 Å². The van der Waals surface area contributed by atoms with Crippen LogP contribution in [0.25, 0.3) is 0 Å². The summed E-state index contributed by atoms with van der Waals surface area (Å²) in [6.45, 7) is 3.64. The van der Waals surface area contributed by atoms with Gasteiger partial charge in [-0.2, -0.15) is 0 Å². The lowest BCUT2D eigenvalue weighted by molar-refractivity contribution is 0.102. The van der Waals surface area contributed by atoms with Crippen LogP contribution in [-0.4, -0.2) is 19.6 Å². The van der Waals surface area contributed by atoms with E-state index in [1.54, 1.807) is 7.11 Å². The first-order valence-corrected chi connectivity index (χ1v) is 9.44. The molecule has 2 N–H and O–H groups in total. The Hall–Kier alpha value is -3.11. The van der Waals surface area contributed by atoms with Crippen molar-refractivity contribution in [3.63, 3.8) is 0 Å². The number of nitrogens with one attached hydrogen (secondary N) is 2. The number of amides is 1. The van der Waals surface area contributed by atoms with Crippen LogP contribution in [0.4, 0.5) is 5.69 Å². The minimum Gasteiger partial charge on any atom is -0.497 e. The van der Waals surface area contributed by atoms with Gasteiger partial charge in [-0.05, 0) is 67.4 Å². The molecule has 4 nitrogen and oxygen atoms in total. The summed E-state index contributed by atoms with van der Waals surface area (Å²) >= 11 is 0. The van der Waals surface area contributed by atoms with E-state index in [4.69, 9.17) is 4.74 Å². The monoisotopic (exact) mass is 374 g/mol. The van der Waals surface area contributed by atoms with Gasteiger partial charge < -0.3 is 15.4 Å². The Kier molecular flexibility index (Phi) is 6.82. The normalized spacial score (nSPS) is 10.5. The molecule has 0 heterocycles. The molecule has 28 heavy (non-hydrogen) atoms. The molecule has 4 heteroatoms. The van der Waals surface area contributed by atoms with Crippen LogP contribution in [0.15, 0.2) is 72.8 Å². The zero-order valence-corrected chi connectivity index (χ0v) is 16.4. The Labute approximate surface area is 166 Å². The Morgan fingerprint density at radius 2 is 1.68 bits per heavy atom. The van der Waals surface area contributed by atoms with Crippen molar-refractivity contribution in [3.05, 3.63) is 95.1 Å². The van der Waals surface area contributed by atoms with Gasteiger partial charge in [0.25, 0.3) is 5.91 Å². The van der Waals surface area contributed by atoms with E-state index >= 15 is 0 Å². The van der Waals surface area contributed by atoms with E-state index in [1.807, 2.05) is 61.5 Å². The summed E-state index contributed by atoms with van der Waals surface area (Å²) in [5.41, 5.74) is 5.01. The third-order valence-electron chi connectivity index (χ3n) is 4.58. The summed E-state index contributed by atoms with van der Waals surface area (Å²) in [5.74, 6) is 0.783. The first-order valence-electron chi connectivity index (χ1n) is 9.44. The standard InChI is InChI=1S/C24H26N2O2/c1-18-6-10-21(11-7-18)24(27)26-22-5-3-4-20(16-22)17-25-15-14-19-8-12-23(28-2)13-9-19/h3-13,16,25H,14-15,17H2,1-2H3,(H,26,27). The van der Waals surface area contributed by atoms with Gasteiger partial charge >= 0.3 is 0 Å². The van der Waals surface area contributed by atoms with Gasteiger partial charge in [0.1, 0.15) is 5.75 Å². The number of benzene rings is 3. The number of hydrogen-bond acceptors (Lipinski definition) is 3. The summed E-state index contributed by atoms with van der Waals surface area (Å²) in [5, 5.41) is 6.42. The average molecular weight is 374 g/mol. The molecule has 0 spiro atoms. The highest BCUT2D eigenvalue weighted by Crippen LogP contribution is 2.14. The van der Waals surface area contributed by atoms with Crippen LogP contribution in [0.5, 0.6) is 5.75 Å². The quantitative estimate of drug-likeness (QED) is 0.567. The van der Waals surface area contributed by atoms with Crippen LogP contribution in [-0.2, 0) is 13.0 Å². The molecule has 144 valence electrons. The molecule has 3 aromatic carbocycles. The van der Waals surface area contributed by atoms with Gasteiger partial charge in [-0.3, -0.25) is 4.79 Å². The van der Waals surface area contributed by atoms with E-state index < -0.39 is 0 Å². The number of hydrogen-bond donors (Lipinski definition) is 2. The van der Waals surface area contributed by atoms with E-state index in [2.05, 4.69) is 28.8 Å². The van der Waals surface area contributed by atoms with Crippen LogP contribution in [0.1, 0.15) is 27.0 Å². The third-order valence-corrected chi connectivity index (χ3v) is 4.58. The van der Waals surface area contributed by atoms with Gasteiger partial charge in [-0.25, -0.2) is 0 Å². The lowest BCUT2D eigenvalue weighted by Gasteiger charge is -2.09. The van der Waals surface area contributed by atoms with Crippen molar-refractivity contribution in [2.24, 2.45) is 0 Å². The minimum atomic E-state index is -0.0929. The lowest BCUT2D eigenvalue weighted by atomic mass is 10.1. The number of aryl methyl sites for hydroxylation is 1. The maximum absolute atomic E-state index is 12.4. The number of carbonyl (C=O) groups is 1. The van der Waals surface area contributed by atoms with Crippen molar-refractivity contribution in [2.75, 3.05) is 19.0 Å². The fraction of sp³-hybridized carbons (Fsp3) is 0.208. The molecule has 0 unspecified atom stereocenters. The molecule has 0 saturated carbocycles. The average Bonchev–Trinajstić information content (AvgIpc) is 2.72.